The van der Waals surface area contributed by atoms with Crippen LogP contribution in [0.3, 0.4) is 0 Å². The maximum absolute atomic E-state index is 14.3. The zero-order valence-corrected chi connectivity index (χ0v) is 19.8. The number of rotatable bonds is 9. The number of halogens is 1. The van der Waals surface area contributed by atoms with E-state index < -0.39 is 5.82 Å². The smallest absolute Gasteiger partial charge is 0.223 e. The van der Waals surface area contributed by atoms with Crippen LogP contribution in [0, 0.1) is 5.82 Å². The van der Waals surface area contributed by atoms with Gasteiger partial charge >= 0.3 is 0 Å². The first-order valence-electron chi connectivity index (χ1n) is 11.2. The predicted octanol–water partition coefficient (Wildman–Crippen LogP) is 3.81. The maximum atomic E-state index is 14.3. The number of aromatic nitrogens is 6. The van der Waals surface area contributed by atoms with Crippen molar-refractivity contribution in [3.63, 3.8) is 0 Å². The molecule has 33 heavy (non-hydrogen) atoms. The number of unbranched alkanes of at least 4 members (excludes halogenated alkanes) is 1. The van der Waals surface area contributed by atoms with Gasteiger partial charge in [-0.25, -0.2) is 14.4 Å². The second-order valence-electron chi connectivity index (χ2n) is 8.93. The molecule has 0 atom stereocenters. The summed E-state index contributed by atoms with van der Waals surface area (Å²) >= 11 is 0. The Labute approximate surface area is 192 Å². The van der Waals surface area contributed by atoms with E-state index in [9.17, 15) is 4.39 Å². The fourth-order valence-electron chi connectivity index (χ4n) is 3.70. The molecule has 0 aliphatic carbocycles. The van der Waals surface area contributed by atoms with Crippen molar-refractivity contribution in [1.29, 1.82) is 0 Å². The number of hydrogen-bond acceptors (Lipinski definition) is 7. The third kappa shape index (κ3) is 4.42. The number of methoxy groups -OCH3 is 1. The van der Waals surface area contributed by atoms with Crippen molar-refractivity contribution in [1.82, 2.24) is 29.4 Å². The summed E-state index contributed by atoms with van der Waals surface area (Å²) in [6, 6.07) is 2.89. The highest BCUT2D eigenvalue weighted by Crippen LogP contribution is 2.27. The van der Waals surface area contributed by atoms with E-state index in [-0.39, 0.29) is 17.2 Å². The summed E-state index contributed by atoms with van der Waals surface area (Å²) in [6.45, 7) is 7.42. The fourth-order valence-corrected chi connectivity index (χ4v) is 3.70. The van der Waals surface area contributed by atoms with E-state index in [4.69, 9.17) is 10.5 Å². The highest BCUT2D eigenvalue weighted by atomic mass is 19.1. The molecule has 0 spiro atoms. The minimum Gasteiger partial charge on any atom is -0.494 e. The number of aryl methyl sites for hydroxylation is 1. The standard InChI is InChI=1S/C23H31FN8O/c1-6-23(2,3)31-14-15(13-26-31)30(4)10-8-7-9-20-28-21-16-11-17(24)19(33-5)12-18(16)27-22(25)32(21)29-20/h11-14H,6-10H2,1-5H3,(H2,25,27). The molecule has 3 heterocycles. The molecule has 3 aromatic heterocycles. The maximum Gasteiger partial charge on any atom is 0.223 e. The molecule has 0 bridgehead atoms. The number of hydrogen-bond donors (Lipinski definition) is 1. The molecule has 4 aromatic rings. The molecule has 2 N–H and O–H groups in total. The van der Waals surface area contributed by atoms with Crippen molar-refractivity contribution in [3.05, 3.63) is 36.2 Å². The molecule has 10 heteroatoms. The number of nitrogens with two attached hydrogens (primary N) is 1. The zero-order chi connectivity index (χ0) is 23.8. The number of ether oxygens (including phenoxy) is 1. The van der Waals surface area contributed by atoms with Crippen LogP contribution in [-0.2, 0) is 12.0 Å². The molecule has 4 rings (SSSR count). The molecule has 0 fully saturated rings. The molecule has 0 saturated carbocycles. The summed E-state index contributed by atoms with van der Waals surface area (Å²) in [5.74, 6) is 0.507. The lowest BCUT2D eigenvalue weighted by Crippen LogP contribution is -2.25. The first kappa shape index (κ1) is 22.8. The molecule has 9 nitrogen and oxygen atoms in total. The zero-order valence-electron chi connectivity index (χ0n) is 19.8. The summed E-state index contributed by atoms with van der Waals surface area (Å²) < 4.78 is 22.8. The van der Waals surface area contributed by atoms with Crippen molar-refractivity contribution in [2.24, 2.45) is 0 Å². The van der Waals surface area contributed by atoms with Gasteiger partial charge in [0.1, 0.15) is 0 Å². The monoisotopic (exact) mass is 454 g/mol. The molecule has 0 unspecified atom stereocenters. The van der Waals surface area contributed by atoms with Crippen LogP contribution in [0.4, 0.5) is 16.0 Å². The van der Waals surface area contributed by atoms with Crippen LogP contribution in [0.25, 0.3) is 16.6 Å². The van der Waals surface area contributed by atoms with Crippen molar-refractivity contribution in [2.45, 2.75) is 52.0 Å². The van der Waals surface area contributed by atoms with Crippen molar-refractivity contribution < 1.29 is 9.13 Å². The van der Waals surface area contributed by atoms with Crippen LogP contribution in [0.15, 0.2) is 24.5 Å². The quantitative estimate of drug-likeness (QED) is 0.384. The summed E-state index contributed by atoms with van der Waals surface area (Å²) in [4.78, 5) is 11.1. The third-order valence-electron chi connectivity index (χ3n) is 6.25. The molecule has 0 radical (unpaired) electrons. The molecule has 0 amide bonds. The van der Waals surface area contributed by atoms with E-state index in [0.717, 1.165) is 31.5 Å². The average molecular weight is 455 g/mol. The van der Waals surface area contributed by atoms with E-state index in [2.05, 4.69) is 59.1 Å². The van der Waals surface area contributed by atoms with E-state index in [0.29, 0.717) is 28.8 Å². The molecular weight excluding hydrogens is 423 g/mol. The molecule has 176 valence electrons. The van der Waals surface area contributed by atoms with Gasteiger partial charge in [-0.15, -0.1) is 5.10 Å². The lowest BCUT2D eigenvalue weighted by molar-refractivity contribution is 0.308. The first-order valence-corrected chi connectivity index (χ1v) is 11.2. The van der Waals surface area contributed by atoms with Gasteiger partial charge in [0, 0.05) is 37.7 Å². The Bertz CT molecular complexity index is 1280. The Balaban J connectivity index is 1.42. The normalized spacial score (nSPS) is 12.1. The van der Waals surface area contributed by atoms with Crippen LogP contribution < -0.4 is 15.4 Å². The Morgan fingerprint density at radius 2 is 2.00 bits per heavy atom. The Kier molecular flexibility index (Phi) is 6.09. The number of fused-ring (bicyclic) bond motifs is 3. The van der Waals surface area contributed by atoms with E-state index >= 15 is 0 Å². The largest absolute Gasteiger partial charge is 0.494 e. The van der Waals surface area contributed by atoms with E-state index in [1.165, 1.54) is 23.8 Å². The third-order valence-corrected chi connectivity index (χ3v) is 6.25. The first-order chi connectivity index (χ1) is 15.7. The Morgan fingerprint density at radius 3 is 2.73 bits per heavy atom. The van der Waals surface area contributed by atoms with Gasteiger partial charge in [-0.3, -0.25) is 4.68 Å². The molecular formula is C23H31FN8O. The number of benzene rings is 1. The van der Waals surface area contributed by atoms with Crippen LogP contribution in [0.5, 0.6) is 5.75 Å². The average Bonchev–Trinajstić information content (AvgIpc) is 3.45. The molecule has 0 saturated heterocycles. The van der Waals surface area contributed by atoms with Gasteiger partial charge in [-0.05, 0) is 39.2 Å². The Hall–Kier alpha value is -3.43. The molecule has 0 aliphatic rings. The van der Waals surface area contributed by atoms with E-state index in [1.807, 2.05) is 10.9 Å². The highest BCUT2D eigenvalue weighted by molar-refractivity contribution is 5.93. The summed E-state index contributed by atoms with van der Waals surface area (Å²) in [6.07, 6.45) is 7.59. The summed E-state index contributed by atoms with van der Waals surface area (Å²) in [5.41, 5.74) is 8.19. The Morgan fingerprint density at radius 1 is 1.21 bits per heavy atom. The SMILES string of the molecule is CCC(C)(C)n1cc(N(C)CCCCc2nc3c4cc(F)c(OC)cc4nc(N)n3n2)cn1. The number of anilines is 2. The lowest BCUT2D eigenvalue weighted by Gasteiger charge is -2.23. The topological polar surface area (TPSA) is 99.4 Å². The van der Waals surface area contributed by atoms with Gasteiger partial charge in [0.2, 0.25) is 5.95 Å². The number of nitrogen functional groups attached to an aromatic ring is 1. The highest BCUT2D eigenvalue weighted by Gasteiger charge is 2.19. The minimum absolute atomic E-state index is 0.00278. The second kappa shape index (κ2) is 8.84. The molecule has 0 aliphatic heterocycles. The van der Waals surface area contributed by atoms with Gasteiger partial charge in [0.15, 0.2) is 23.0 Å². The fraction of sp³-hybridized carbons (Fsp3) is 0.478. The van der Waals surface area contributed by atoms with Gasteiger partial charge in [0.05, 0.1) is 30.0 Å². The van der Waals surface area contributed by atoms with Crippen LogP contribution >= 0.6 is 0 Å². The lowest BCUT2D eigenvalue weighted by atomic mass is 10.0. The summed E-state index contributed by atoms with van der Waals surface area (Å²) in [7, 11) is 3.49. The summed E-state index contributed by atoms with van der Waals surface area (Å²) in [5, 5.41) is 9.57. The van der Waals surface area contributed by atoms with E-state index in [1.54, 1.807) is 0 Å². The van der Waals surface area contributed by atoms with Crippen LogP contribution in [0.2, 0.25) is 0 Å². The van der Waals surface area contributed by atoms with Gasteiger partial charge in [-0.1, -0.05) is 6.92 Å². The van der Waals surface area contributed by atoms with Gasteiger partial charge < -0.3 is 15.4 Å². The van der Waals surface area contributed by atoms with Crippen LogP contribution in [-0.4, -0.2) is 50.1 Å². The molecule has 1 aromatic carbocycles. The number of nitrogens with zero attached hydrogens (tertiary/aromatic N) is 7. The van der Waals surface area contributed by atoms with Crippen molar-refractivity contribution in [2.75, 3.05) is 31.3 Å². The predicted molar refractivity (Wildman–Crippen MR) is 127 cm³/mol. The van der Waals surface area contributed by atoms with Crippen molar-refractivity contribution >= 4 is 28.2 Å². The van der Waals surface area contributed by atoms with Gasteiger partial charge in [-0.2, -0.15) is 9.61 Å². The van der Waals surface area contributed by atoms with Gasteiger partial charge in [0.25, 0.3) is 0 Å². The minimum atomic E-state index is -0.475. The second-order valence-corrected chi connectivity index (χ2v) is 8.93. The van der Waals surface area contributed by atoms with Crippen LogP contribution in [0.1, 0.15) is 45.9 Å². The van der Waals surface area contributed by atoms with Crippen molar-refractivity contribution in [3.8, 4) is 5.75 Å².